The zero-order valence-corrected chi connectivity index (χ0v) is 11.3. The smallest absolute Gasteiger partial charge is 0.112 e. The highest BCUT2D eigenvalue weighted by atomic mass is 14.9. The molecule has 0 radical (unpaired) electrons. The van der Waals surface area contributed by atoms with Crippen molar-refractivity contribution < 1.29 is 0 Å². The van der Waals surface area contributed by atoms with Crippen LogP contribution in [0.25, 0.3) is 11.0 Å². The van der Waals surface area contributed by atoms with E-state index in [4.69, 9.17) is 0 Å². The van der Waals surface area contributed by atoms with E-state index in [0.717, 1.165) is 22.5 Å². The summed E-state index contributed by atoms with van der Waals surface area (Å²) in [6, 6.07) is 6.70. The average Bonchev–Trinajstić information content (AvgIpc) is 2.58. The van der Waals surface area contributed by atoms with Crippen LogP contribution in [0.4, 0.5) is 5.69 Å². The third-order valence-corrected chi connectivity index (χ3v) is 2.65. The van der Waals surface area contributed by atoms with Gasteiger partial charge in [0.05, 0.1) is 11.0 Å². The molecule has 0 saturated carbocycles. The Morgan fingerprint density at radius 1 is 1.24 bits per heavy atom. The molecule has 3 nitrogen and oxygen atoms in total. The third kappa shape index (κ3) is 2.60. The van der Waals surface area contributed by atoms with E-state index in [-0.39, 0.29) is 5.41 Å². The second-order valence-electron chi connectivity index (χ2n) is 5.87. The molecule has 17 heavy (non-hydrogen) atoms. The third-order valence-electron chi connectivity index (χ3n) is 2.65. The van der Waals surface area contributed by atoms with E-state index in [0.29, 0.717) is 6.04 Å². The molecular formula is C14H21N3. The van der Waals surface area contributed by atoms with Crippen LogP contribution in [0.1, 0.15) is 40.4 Å². The summed E-state index contributed by atoms with van der Waals surface area (Å²) in [7, 11) is 0. The molecule has 0 unspecified atom stereocenters. The number of aromatic nitrogens is 2. The van der Waals surface area contributed by atoms with Crippen molar-refractivity contribution in [3.05, 3.63) is 24.0 Å². The Labute approximate surface area is 103 Å². The van der Waals surface area contributed by atoms with E-state index in [9.17, 15) is 0 Å². The zero-order valence-electron chi connectivity index (χ0n) is 11.3. The van der Waals surface area contributed by atoms with Gasteiger partial charge in [0.15, 0.2) is 0 Å². The molecule has 0 amide bonds. The molecule has 2 N–H and O–H groups in total. The van der Waals surface area contributed by atoms with Crippen molar-refractivity contribution in [3.63, 3.8) is 0 Å². The van der Waals surface area contributed by atoms with Crippen molar-refractivity contribution in [2.45, 2.75) is 46.1 Å². The molecule has 0 aliphatic heterocycles. The standard InChI is InChI=1S/C14H21N3/c1-9(2)15-10-6-7-11-12(8-10)17-13(16-11)14(3,4)5/h6-9,15H,1-5H3,(H,16,17). The van der Waals surface area contributed by atoms with Crippen molar-refractivity contribution in [2.75, 3.05) is 5.32 Å². The van der Waals surface area contributed by atoms with Crippen LogP contribution < -0.4 is 5.32 Å². The summed E-state index contributed by atoms with van der Waals surface area (Å²) < 4.78 is 0. The number of anilines is 1. The Balaban J connectivity index is 2.41. The molecule has 0 atom stereocenters. The molecule has 0 spiro atoms. The molecule has 1 heterocycles. The van der Waals surface area contributed by atoms with Gasteiger partial charge >= 0.3 is 0 Å². The first-order chi connectivity index (χ1) is 7.86. The number of aromatic amines is 1. The maximum Gasteiger partial charge on any atom is 0.112 e. The lowest BCUT2D eigenvalue weighted by atomic mass is 9.96. The summed E-state index contributed by atoms with van der Waals surface area (Å²) in [5.74, 6) is 1.04. The Bertz CT molecular complexity index is 518. The number of benzene rings is 1. The largest absolute Gasteiger partial charge is 0.383 e. The predicted molar refractivity (Wildman–Crippen MR) is 73.6 cm³/mol. The van der Waals surface area contributed by atoms with E-state index < -0.39 is 0 Å². The molecule has 0 saturated heterocycles. The van der Waals surface area contributed by atoms with Gasteiger partial charge < -0.3 is 10.3 Å². The van der Waals surface area contributed by atoms with Crippen molar-refractivity contribution in [3.8, 4) is 0 Å². The number of fused-ring (bicyclic) bond motifs is 1. The normalized spacial score (nSPS) is 12.4. The minimum absolute atomic E-state index is 0.0602. The molecule has 3 heteroatoms. The SMILES string of the molecule is CC(C)Nc1ccc2nc(C(C)(C)C)[nH]c2c1. The van der Waals surface area contributed by atoms with Crippen LogP contribution in [0.2, 0.25) is 0 Å². The van der Waals surface area contributed by atoms with Crippen LogP contribution in [-0.2, 0) is 5.41 Å². The maximum atomic E-state index is 4.62. The molecule has 1 aromatic heterocycles. The van der Waals surface area contributed by atoms with Crippen molar-refractivity contribution in [2.24, 2.45) is 0 Å². The number of rotatable bonds is 2. The number of nitrogens with zero attached hydrogens (tertiary/aromatic N) is 1. The van der Waals surface area contributed by atoms with Gasteiger partial charge in [0, 0.05) is 17.1 Å². The predicted octanol–water partition coefficient (Wildman–Crippen LogP) is 3.68. The van der Waals surface area contributed by atoms with Gasteiger partial charge in [-0.1, -0.05) is 20.8 Å². The van der Waals surface area contributed by atoms with E-state index in [1.165, 1.54) is 0 Å². The summed E-state index contributed by atoms with van der Waals surface area (Å²) in [5, 5.41) is 3.40. The van der Waals surface area contributed by atoms with Crippen LogP contribution in [0.15, 0.2) is 18.2 Å². The van der Waals surface area contributed by atoms with Gasteiger partial charge in [0.2, 0.25) is 0 Å². The molecule has 92 valence electrons. The topological polar surface area (TPSA) is 40.7 Å². The van der Waals surface area contributed by atoms with Gasteiger partial charge in [-0.3, -0.25) is 0 Å². The Hall–Kier alpha value is -1.51. The van der Waals surface area contributed by atoms with Gasteiger partial charge in [0.1, 0.15) is 5.82 Å². The van der Waals surface area contributed by atoms with Crippen molar-refractivity contribution >= 4 is 16.7 Å². The summed E-state index contributed by atoms with van der Waals surface area (Å²) in [4.78, 5) is 8.02. The van der Waals surface area contributed by atoms with Crippen molar-refractivity contribution in [1.29, 1.82) is 0 Å². The van der Waals surface area contributed by atoms with Gasteiger partial charge in [-0.05, 0) is 32.0 Å². The van der Waals surface area contributed by atoms with Crippen LogP contribution in [0.3, 0.4) is 0 Å². The van der Waals surface area contributed by atoms with E-state index in [2.05, 4.69) is 68.1 Å². The highest BCUT2D eigenvalue weighted by Crippen LogP contribution is 2.24. The lowest BCUT2D eigenvalue weighted by Gasteiger charge is -2.13. The summed E-state index contributed by atoms with van der Waals surface area (Å²) in [6.07, 6.45) is 0. The number of H-pyrrole nitrogens is 1. The highest BCUT2D eigenvalue weighted by Gasteiger charge is 2.18. The highest BCUT2D eigenvalue weighted by molar-refractivity contribution is 5.79. The summed E-state index contributed by atoms with van der Waals surface area (Å²) >= 11 is 0. The molecule has 2 rings (SSSR count). The molecular weight excluding hydrogens is 210 g/mol. The van der Waals surface area contributed by atoms with E-state index >= 15 is 0 Å². The van der Waals surface area contributed by atoms with Crippen LogP contribution in [-0.4, -0.2) is 16.0 Å². The monoisotopic (exact) mass is 231 g/mol. The fourth-order valence-corrected chi connectivity index (χ4v) is 1.79. The van der Waals surface area contributed by atoms with Gasteiger partial charge in [-0.25, -0.2) is 4.98 Å². The van der Waals surface area contributed by atoms with Crippen LogP contribution in [0, 0.1) is 0 Å². The lowest BCUT2D eigenvalue weighted by Crippen LogP contribution is -2.12. The summed E-state index contributed by atoms with van der Waals surface area (Å²) in [5.41, 5.74) is 3.33. The van der Waals surface area contributed by atoms with Gasteiger partial charge in [-0.15, -0.1) is 0 Å². The second kappa shape index (κ2) is 4.06. The first-order valence-corrected chi connectivity index (χ1v) is 6.13. The fourth-order valence-electron chi connectivity index (χ4n) is 1.79. The first-order valence-electron chi connectivity index (χ1n) is 6.13. The molecule has 1 aromatic carbocycles. The fraction of sp³-hybridized carbons (Fsp3) is 0.500. The summed E-state index contributed by atoms with van der Waals surface area (Å²) in [6.45, 7) is 10.8. The molecule has 0 aliphatic rings. The zero-order chi connectivity index (χ0) is 12.6. The average molecular weight is 231 g/mol. The van der Waals surface area contributed by atoms with Crippen molar-refractivity contribution in [1.82, 2.24) is 9.97 Å². The minimum atomic E-state index is 0.0602. The number of hydrogen-bond acceptors (Lipinski definition) is 2. The maximum absolute atomic E-state index is 4.62. The van der Waals surface area contributed by atoms with Crippen LogP contribution in [0.5, 0.6) is 0 Å². The number of imidazole rings is 1. The van der Waals surface area contributed by atoms with E-state index in [1.54, 1.807) is 0 Å². The molecule has 0 fully saturated rings. The molecule has 0 aliphatic carbocycles. The van der Waals surface area contributed by atoms with E-state index in [1.807, 2.05) is 0 Å². The van der Waals surface area contributed by atoms with Gasteiger partial charge in [0.25, 0.3) is 0 Å². The first kappa shape index (κ1) is 12.0. The second-order valence-corrected chi connectivity index (χ2v) is 5.87. The quantitative estimate of drug-likeness (QED) is 0.827. The molecule has 2 aromatic rings. The van der Waals surface area contributed by atoms with Gasteiger partial charge in [-0.2, -0.15) is 0 Å². The van der Waals surface area contributed by atoms with Crippen LogP contribution >= 0.6 is 0 Å². The number of nitrogens with one attached hydrogen (secondary N) is 2. The lowest BCUT2D eigenvalue weighted by molar-refractivity contribution is 0.554. The Kier molecular flexibility index (Phi) is 2.86. The number of hydrogen-bond donors (Lipinski definition) is 2. The minimum Gasteiger partial charge on any atom is -0.383 e. The Morgan fingerprint density at radius 2 is 1.94 bits per heavy atom. The Morgan fingerprint density at radius 3 is 2.53 bits per heavy atom. The molecule has 0 bridgehead atoms.